The lowest BCUT2D eigenvalue weighted by molar-refractivity contribution is 0.0756. The van der Waals surface area contributed by atoms with Crippen LogP contribution in [0.25, 0.3) is 0 Å². The molecule has 0 aromatic heterocycles. The number of amides is 1. The normalized spacial score (nSPS) is 10.8. The van der Waals surface area contributed by atoms with Gasteiger partial charge in [-0.05, 0) is 52.2 Å². The van der Waals surface area contributed by atoms with Crippen molar-refractivity contribution >= 4 is 17.5 Å². The van der Waals surface area contributed by atoms with Crippen molar-refractivity contribution in [3.63, 3.8) is 0 Å². The topological polar surface area (TPSA) is 43.8 Å². The van der Waals surface area contributed by atoms with Crippen LogP contribution >= 0.6 is 11.6 Å². The zero-order valence-corrected chi connectivity index (χ0v) is 12.4. The third kappa shape index (κ3) is 4.73. The molecule has 0 aliphatic rings. The van der Waals surface area contributed by atoms with Gasteiger partial charge in [0.2, 0.25) is 0 Å². The molecule has 0 aliphatic heterocycles. The average Bonchev–Trinajstić information content (AvgIpc) is 2.33. The predicted molar refractivity (Wildman–Crippen MR) is 77.9 cm³/mol. The molecule has 1 aromatic rings. The third-order valence-electron chi connectivity index (χ3n) is 2.89. The largest absolute Gasteiger partial charge is 0.507 e. The number of halogens is 1. The standard InChI is InChI=1S/C14H21ClN2O2/c1-4-17(9-5-8-16(2)3)14(19)12-7-6-11(15)10-13(12)18/h6-7,10,18H,4-5,8-9H2,1-3H3. The van der Waals surface area contributed by atoms with E-state index in [1.54, 1.807) is 17.0 Å². The van der Waals surface area contributed by atoms with Crippen LogP contribution in [-0.4, -0.2) is 54.5 Å². The van der Waals surface area contributed by atoms with Crippen molar-refractivity contribution in [3.05, 3.63) is 28.8 Å². The van der Waals surface area contributed by atoms with E-state index < -0.39 is 0 Å². The van der Waals surface area contributed by atoms with Gasteiger partial charge in [0.05, 0.1) is 5.56 Å². The maximum atomic E-state index is 12.3. The lowest BCUT2D eigenvalue weighted by Gasteiger charge is -2.22. The summed E-state index contributed by atoms with van der Waals surface area (Å²) in [6.07, 6.45) is 0.904. The Hall–Kier alpha value is -1.26. The lowest BCUT2D eigenvalue weighted by atomic mass is 10.1. The average molecular weight is 285 g/mol. The second-order valence-corrected chi connectivity index (χ2v) is 5.14. The summed E-state index contributed by atoms with van der Waals surface area (Å²) < 4.78 is 0. The van der Waals surface area contributed by atoms with Gasteiger partial charge in [-0.25, -0.2) is 0 Å². The van der Waals surface area contributed by atoms with E-state index in [0.717, 1.165) is 13.0 Å². The van der Waals surface area contributed by atoms with E-state index in [0.29, 0.717) is 23.7 Å². The number of rotatable bonds is 6. The number of aromatic hydroxyl groups is 1. The summed E-state index contributed by atoms with van der Waals surface area (Å²) >= 11 is 5.76. The Labute approximate surface area is 119 Å². The summed E-state index contributed by atoms with van der Waals surface area (Å²) in [7, 11) is 4.01. The minimum absolute atomic E-state index is 0.0661. The number of carbonyl (C=O) groups excluding carboxylic acids is 1. The van der Waals surface area contributed by atoms with Crippen LogP contribution in [0.1, 0.15) is 23.7 Å². The van der Waals surface area contributed by atoms with Crippen LogP contribution in [0.2, 0.25) is 5.02 Å². The first kappa shape index (κ1) is 15.8. The molecule has 0 fully saturated rings. The monoisotopic (exact) mass is 284 g/mol. The molecule has 0 unspecified atom stereocenters. The highest BCUT2D eigenvalue weighted by atomic mass is 35.5. The Bertz CT molecular complexity index is 435. The molecule has 1 aromatic carbocycles. The first-order chi connectivity index (χ1) is 8.95. The number of phenols is 1. The van der Waals surface area contributed by atoms with Gasteiger partial charge in [-0.2, -0.15) is 0 Å². The van der Waals surface area contributed by atoms with E-state index in [2.05, 4.69) is 4.90 Å². The molecule has 0 radical (unpaired) electrons. The fourth-order valence-corrected chi connectivity index (χ4v) is 2.00. The van der Waals surface area contributed by atoms with Crippen LogP contribution in [0, 0.1) is 0 Å². The van der Waals surface area contributed by atoms with Crippen LogP contribution in [0.4, 0.5) is 0 Å². The number of benzene rings is 1. The highest BCUT2D eigenvalue weighted by Crippen LogP contribution is 2.23. The molecule has 0 saturated heterocycles. The molecule has 19 heavy (non-hydrogen) atoms. The fourth-order valence-electron chi connectivity index (χ4n) is 1.84. The molecule has 1 rings (SSSR count). The van der Waals surface area contributed by atoms with E-state index in [1.807, 2.05) is 21.0 Å². The first-order valence-electron chi connectivity index (χ1n) is 6.38. The Morgan fingerprint density at radius 1 is 1.32 bits per heavy atom. The van der Waals surface area contributed by atoms with Crippen molar-refractivity contribution in [1.82, 2.24) is 9.80 Å². The molecule has 0 saturated carbocycles. The Morgan fingerprint density at radius 3 is 2.53 bits per heavy atom. The fraction of sp³-hybridized carbons (Fsp3) is 0.500. The predicted octanol–water partition coefficient (Wildman–Crippen LogP) is 2.46. The number of carbonyl (C=O) groups is 1. The Morgan fingerprint density at radius 2 is 2.00 bits per heavy atom. The van der Waals surface area contributed by atoms with Gasteiger partial charge in [-0.3, -0.25) is 4.79 Å². The third-order valence-corrected chi connectivity index (χ3v) is 3.13. The molecule has 0 heterocycles. The van der Waals surface area contributed by atoms with Gasteiger partial charge in [0.25, 0.3) is 5.91 Å². The van der Waals surface area contributed by atoms with Crippen molar-refractivity contribution in [2.45, 2.75) is 13.3 Å². The van der Waals surface area contributed by atoms with E-state index >= 15 is 0 Å². The van der Waals surface area contributed by atoms with Crippen molar-refractivity contribution < 1.29 is 9.90 Å². The maximum Gasteiger partial charge on any atom is 0.257 e. The number of nitrogens with zero attached hydrogens (tertiary/aromatic N) is 2. The van der Waals surface area contributed by atoms with E-state index in [9.17, 15) is 9.90 Å². The maximum absolute atomic E-state index is 12.3. The summed E-state index contributed by atoms with van der Waals surface area (Å²) in [4.78, 5) is 16.1. The number of phenolic OH excluding ortho intramolecular Hbond substituents is 1. The van der Waals surface area contributed by atoms with Crippen LogP contribution in [0.5, 0.6) is 5.75 Å². The Balaban J connectivity index is 2.72. The van der Waals surface area contributed by atoms with Crippen molar-refractivity contribution in [3.8, 4) is 5.75 Å². The molecule has 1 N–H and O–H groups in total. The second-order valence-electron chi connectivity index (χ2n) is 4.70. The first-order valence-corrected chi connectivity index (χ1v) is 6.76. The van der Waals surface area contributed by atoms with Crippen LogP contribution in [0.15, 0.2) is 18.2 Å². The van der Waals surface area contributed by atoms with Gasteiger partial charge in [-0.1, -0.05) is 11.6 Å². The van der Waals surface area contributed by atoms with Gasteiger partial charge >= 0.3 is 0 Å². The number of hydrogen-bond donors (Lipinski definition) is 1. The molecule has 0 bridgehead atoms. The molecule has 0 spiro atoms. The SMILES string of the molecule is CCN(CCCN(C)C)C(=O)c1ccc(Cl)cc1O. The van der Waals surface area contributed by atoms with E-state index in [-0.39, 0.29) is 11.7 Å². The Kier molecular flexibility index (Phi) is 6.12. The molecule has 0 atom stereocenters. The zero-order valence-electron chi connectivity index (χ0n) is 11.7. The zero-order chi connectivity index (χ0) is 14.4. The van der Waals surface area contributed by atoms with Crippen LogP contribution in [-0.2, 0) is 0 Å². The molecule has 4 nitrogen and oxygen atoms in total. The molecular weight excluding hydrogens is 264 g/mol. The van der Waals surface area contributed by atoms with Crippen LogP contribution in [0.3, 0.4) is 0 Å². The molecule has 0 aliphatic carbocycles. The minimum atomic E-state index is -0.157. The lowest BCUT2D eigenvalue weighted by Crippen LogP contribution is -2.33. The second kappa shape index (κ2) is 7.36. The van der Waals surface area contributed by atoms with Crippen molar-refractivity contribution in [2.75, 3.05) is 33.7 Å². The summed E-state index contributed by atoms with van der Waals surface area (Å²) in [6.45, 7) is 4.15. The van der Waals surface area contributed by atoms with Crippen molar-refractivity contribution in [2.24, 2.45) is 0 Å². The quantitative estimate of drug-likeness (QED) is 0.873. The van der Waals surface area contributed by atoms with Crippen molar-refractivity contribution in [1.29, 1.82) is 0 Å². The molecule has 106 valence electrons. The van der Waals surface area contributed by atoms with Gasteiger partial charge in [0.15, 0.2) is 0 Å². The molecular formula is C14H21ClN2O2. The summed E-state index contributed by atoms with van der Waals surface area (Å²) in [5.41, 5.74) is 0.302. The summed E-state index contributed by atoms with van der Waals surface area (Å²) in [5.74, 6) is -0.223. The van der Waals surface area contributed by atoms with Gasteiger partial charge in [0, 0.05) is 18.1 Å². The molecule has 1 amide bonds. The van der Waals surface area contributed by atoms with Gasteiger partial charge in [0.1, 0.15) is 5.75 Å². The smallest absolute Gasteiger partial charge is 0.257 e. The van der Waals surface area contributed by atoms with Crippen LogP contribution < -0.4 is 0 Å². The minimum Gasteiger partial charge on any atom is -0.507 e. The van der Waals surface area contributed by atoms with E-state index in [4.69, 9.17) is 11.6 Å². The molecule has 5 heteroatoms. The number of hydrogen-bond acceptors (Lipinski definition) is 3. The highest BCUT2D eigenvalue weighted by Gasteiger charge is 2.17. The van der Waals surface area contributed by atoms with E-state index in [1.165, 1.54) is 6.07 Å². The summed E-state index contributed by atoms with van der Waals surface area (Å²) in [5, 5.41) is 10.2. The highest BCUT2D eigenvalue weighted by molar-refractivity contribution is 6.30. The summed E-state index contributed by atoms with van der Waals surface area (Å²) in [6, 6.07) is 4.57. The van der Waals surface area contributed by atoms with Gasteiger partial charge < -0.3 is 14.9 Å². The van der Waals surface area contributed by atoms with Gasteiger partial charge in [-0.15, -0.1) is 0 Å².